The molecule has 0 amide bonds. The van der Waals surface area contributed by atoms with Crippen molar-refractivity contribution in [2.75, 3.05) is 32.8 Å². The Morgan fingerprint density at radius 3 is 2.56 bits per heavy atom. The van der Waals surface area contributed by atoms with E-state index < -0.39 is 0 Å². The van der Waals surface area contributed by atoms with Gasteiger partial charge < -0.3 is 14.8 Å². The standard InChI is InChI=1S/C22H27N3O2/c1-2-26-22-16-19(20(10-11-23)25-14-12-24-13-15-25)8-9-21(22)27-17-18-6-4-3-5-7-18/h3-9,16,20,24H,2,10,12-15,17H2,1H3/t20-/m0/s1. The van der Waals surface area contributed by atoms with E-state index >= 15 is 0 Å². The first-order chi connectivity index (χ1) is 13.3. The maximum atomic E-state index is 9.32. The van der Waals surface area contributed by atoms with Gasteiger partial charge in [-0.3, -0.25) is 4.90 Å². The molecule has 5 nitrogen and oxygen atoms in total. The van der Waals surface area contributed by atoms with E-state index in [-0.39, 0.29) is 6.04 Å². The van der Waals surface area contributed by atoms with Gasteiger partial charge in [-0.2, -0.15) is 5.26 Å². The van der Waals surface area contributed by atoms with Crippen molar-refractivity contribution in [2.24, 2.45) is 0 Å². The lowest BCUT2D eigenvalue weighted by atomic mass is 10.0. The van der Waals surface area contributed by atoms with E-state index in [1.165, 1.54) is 0 Å². The van der Waals surface area contributed by atoms with Crippen LogP contribution in [0.2, 0.25) is 0 Å². The molecule has 0 aliphatic carbocycles. The fraction of sp³-hybridized carbons (Fsp3) is 0.409. The zero-order valence-corrected chi connectivity index (χ0v) is 15.9. The van der Waals surface area contributed by atoms with Crippen molar-refractivity contribution in [3.63, 3.8) is 0 Å². The molecule has 27 heavy (non-hydrogen) atoms. The largest absolute Gasteiger partial charge is 0.490 e. The number of ether oxygens (including phenoxy) is 2. The minimum absolute atomic E-state index is 0.0829. The lowest BCUT2D eigenvalue weighted by Crippen LogP contribution is -2.45. The van der Waals surface area contributed by atoms with Gasteiger partial charge in [-0.05, 0) is 30.2 Å². The third kappa shape index (κ3) is 5.22. The quantitative estimate of drug-likeness (QED) is 0.776. The van der Waals surface area contributed by atoms with Crippen LogP contribution >= 0.6 is 0 Å². The summed E-state index contributed by atoms with van der Waals surface area (Å²) in [5, 5.41) is 12.7. The fourth-order valence-electron chi connectivity index (χ4n) is 3.39. The van der Waals surface area contributed by atoms with Crippen LogP contribution in [0.5, 0.6) is 11.5 Å². The number of benzene rings is 2. The van der Waals surface area contributed by atoms with Crippen molar-refractivity contribution < 1.29 is 9.47 Å². The summed E-state index contributed by atoms with van der Waals surface area (Å²) in [5.41, 5.74) is 2.22. The Bertz CT molecular complexity index is 752. The van der Waals surface area contributed by atoms with Crippen molar-refractivity contribution in [2.45, 2.75) is 26.0 Å². The molecule has 1 fully saturated rings. The van der Waals surface area contributed by atoms with Crippen molar-refractivity contribution in [3.8, 4) is 17.6 Å². The molecular formula is C22H27N3O2. The number of nitrogens with zero attached hydrogens (tertiary/aromatic N) is 2. The molecule has 0 saturated carbocycles. The van der Waals surface area contributed by atoms with Gasteiger partial charge in [0.15, 0.2) is 11.5 Å². The van der Waals surface area contributed by atoms with Gasteiger partial charge in [-0.1, -0.05) is 36.4 Å². The first-order valence-corrected chi connectivity index (χ1v) is 9.57. The molecule has 0 unspecified atom stereocenters. The van der Waals surface area contributed by atoms with Gasteiger partial charge in [-0.15, -0.1) is 0 Å². The van der Waals surface area contributed by atoms with Gasteiger partial charge in [0.25, 0.3) is 0 Å². The van der Waals surface area contributed by atoms with Gasteiger partial charge in [0, 0.05) is 32.2 Å². The summed E-state index contributed by atoms with van der Waals surface area (Å²) in [6.45, 7) is 6.85. The Kier molecular flexibility index (Phi) is 7.09. The van der Waals surface area contributed by atoms with E-state index in [2.05, 4.69) is 22.4 Å². The number of rotatable bonds is 8. The summed E-state index contributed by atoms with van der Waals surface area (Å²) in [6.07, 6.45) is 0.468. The van der Waals surface area contributed by atoms with Crippen LogP contribution < -0.4 is 14.8 Å². The van der Waals surface area contributed by atoms with E-state index in [4.69, 9.17) is 9.47 Å². The van der Waals surface area contributed by atoms with Gasteiger partial charge in [0.05, 0.1) is 19.1 Å². The fourth-order valence-corrected chi connectivity index (χ4v) is 3.39. The Hall–Kier alpha value is -2.55. The summed E-state index contributed by atoms with van der Waals surface area (Å²) < 4.78 is 11.8. The third-order valence-corrected chi connectivity index (χ3v) is 4.77. The maximum absolute atomic E-state index is 9.32. The normalized spacial score (nSPS) is 15.7. The van der Waals surface area contributed by atoms with Crippen molar-refractivity contribution in [1.82, 2.24) is 10.2 Å². The minimum Gasteiger partial charge on any atom is -0.490 e. The SMILES string of the molecule is CCOc1cc([C@H](CC#N)N2CCNCC2)ccc1OCc1ccccc1. The highest BCUT2D eigenvalue weighted by Gasteiger charge is 2.23. The highest BCUT2D eigenvalue weighted by Crippen LogP contribution is 2.34. The zero-order chi connectivity index (χ0) is 18.9. The predicted octanol–water partition coefficient (Wildman–Crippen LogP) is 3.52. The summed E-state index contributed by atoms with van der Waals surface area (Å²) >= 11 is 0. The molecule has 1 aliphatic rings. The molecule has 2 aromatic carbocycles. The average molecular weight is 365 g/mol. The van der Waals surface area contributed by atoms with Gasteiger partial charge in [0.2, 0.25) is 0 Å². The predicted molar refractivity (Wildman–Crippen MR) is 106 cm³/mol. The Labute approximate surface area is 161 Å². The van der Waals surface area contributed by atoms with E-state index in [1.807, 2.05) is 49.4 Å². The van der Waals surface area contributed by atoms with Crippen LogP contribution in [0.1, 0.15) is 30.5 Å². The molecule has 2 aromatic rings. The maximum Gasteiger partial charge on any atom is 0.161 e. The van der Waals surface area contributed by atoms with Crippen LogP contribution in [0.3, 0.4) is 0 Å². The van der Waals surface area contributed by atoms with E-state index in [1.54, 1.807) is 0 Å². The second-order valence-corrected chi connectivity index (χ2v) is 6.58. The minimum atomic E-state index is 0.0829. The molecule has 1 saturated heterocycles. The number of nitrogens with one attached hydrogen (secondary N) is 1. The highest BCUT2D eigenvalue weighted by molar-refractivity contribution is 5.44. The number of hydrogen-bond donors (Lipinski definition) is 1. The Morgan fingerprint density at radius 2 is 1.85 bits per heavy atom. The zero-order valence-electron chi connectivity index (χ0n) is 15.9. The molecule has 3 rings (SSSR count). The first-order valence-electron chi connectivity index (χ1n) is 9.57. The van der Waals surface area contributed by atoms with Gasteiger partial charge >= 0.3 is 0 Å². The molecule has 5 heteroatoms. The highest BCUT2D eigenvalue weighted by atomic mass is 16.5. The molecule has 1 heterocycles. The summed E-state index contributed by atoms with van der Waals surface area (Å²) in [4.78, 5) is 2.37. The van der Waals surface area contributed by atoms with Crippen LogP contribution in [0.15, 0.2) is 48.5 Å². The Morgan fingerprint density at radius 1 is 1.07 bits per heavy atom. The first kappa shape index (κ1) is 19.2. The van der Waals surface area contributed by atoms with Crippen LogP contribution in [0, 0.1) is 11.3 Å². The van der Waals surface area contributed by atoms with Crippen LogP contribution in [0.4, 0.5) is 0 Å². The summed E-state index contributed by atoms with van der Waals surface area (Å²) in [7, 11) is 0. The third-order valence-electron chi connectivity index (χ3n) is 4.77. The van der Waals surface area contributed by atoms with Gasteiger partial charge in [0.1, 0.15) is 6.61 Å². The monoisotopic (exact) mass is 365 g/mol. The molecule has 0 aromatic heterocycles. The van der Waals surface area contributed by atoms with E-state index in [0.29, 0.717) is 19.6 Å². The van der Waals surface area contributed by atoms with Crippen LogP contribution in [0.25, 0.3) is 0 Å². The lowest BCUT2D eigenvalue weighted by Gasteiger charge is -2.34. The molecule has 1 N–H and O–H groups in total. The molecule has 0 spiro atoms. The molecule has 142 valence electrons. The topological polar surface area (TPSA) is 57.5 Å². The smallest absolute Gasteiger partial charge is 0.161 e. The molecule has 1 aliphatic heterocycles. The second kappa shape index (κ2) is 9.96. The lowest BCUT2D eigenvalue weighted by molar-refractivity contribution is 0.175. The molecule has 0 bridgehead atoms. The van der Waals surface area contributed by atoms with E-state index in [0.717, 1.165) is 48.8 Å². The number of piperazine rings is 1. The molecule has 1 atom stereocenters. The Balaban J connectivity index is 1.79. The second-order valence-electron chi connectivity index (χ2n) is 6.58. The van der Waals surface area contributed by atoms with Crippen molar-refractivity contribution >= 4 is 0 Å². The van der Waals surface area contributed by atoms with Crippen molar-refractivity contribution in [1.29, 1.82) is 5.26 Å². The summed E-state index contributed by atoms with van der Waals surface area (Å²) in [6, 6.07) is 18.6. The average Bonchev–Trinajstić information content (AvgIpc) is 2.73. The molecule has 0 radical (unpaired) electrons. The van der Waals surface area contributed by atoms with E-state index in [9.17, 15) is 5.26 Å². The summed E-state index contributed by atoms with van der Waals surface area (Å²) in [5.74, 6) is 1.48. The number of hydrogen-bond acceptors (Lipinski definition) is 5. The van der Waals surface area contributed by atoms with Gasteiger partial charge in [-0.25, -0.2) is 0 Å². The number of nitriles is 1. The van der Waals surface area contributed by atoms with Crippen LogP contribution in [-0.2, 0) is 6.61 Å². The van der Waals surface area contributed by atoms with Crippen LogP contribution in [-0.4, -0.2) is 37.7 Å². The van der Waals surface area contributed by atoms with Crippen molar-refractivity contribution in [3.05, 3.63) is 59.7 Å². The molecular weight excluding hydrogens is 338 g/mol.